The van der Waals surface area contributed by atoms with Crippen LogP contribution in [0.4, 0.5) is 17.2 Å². The Morgan fingerprint density at radius 2 is 1.51 bits per heavy atom. The highest BCUT2D eigenvalue weighted by Crippen LogP contribution is 2.27. The van der Waals surface area contributed by atoms with Gasteiger partial charge in [0.25, 0.3) is 0 Å². The summed E-state index contributed by atoms with van der Waals surface area (Å²) < 4.78 is 7.47. The average Bonchev–Trinajstić information content (AvgIpc) is 3.39. The molecule has 7 rings (SSSR count). The predicted molar refractivity (Wildman–Crippen MR) is 162 cm³/mol. The first-order chi connectivity index (χ1) is 20.2. The third-order valence-corrected chi connectivity index (χ3v) is 8.01. The Bertz CT molecular complexity index is 1670. The van der Waals surface area contributed by atoms with Crippen molar-refractivity contribution in [1.82, 2.24) is 14.8 Å². The van der Waals surface area contributed by atoms with Crippen LogP contribution >= 0.6 is 0 Å². The second-order valence-electron chi connectivity index (χ2n) is 10.6. The van der Waals surface area contributed by atoms with E-state index in [2.05, 4.69) is 73.8 Å². The number of morpholine rings is 1. The van der Waals surface area contributed by atoms with Gasteiger partial charge in [0.1, 0.15) is 0 Å². The number of para-hydroxylation sites is 1. The highest BCUT2D eigenvalue weighted by Gasteiger charge is 2.19. The van der Waals surface area contributed by atoms with Gasteiger partial charge in [0.2, 0.25) is 5.91 Å². The molecule has 5 aromatic rings. The highest BCUT2D eigenvalue weighted by atomic mass is 16.5. The summed E-state index contributed by atoms with van der Waals surface area (Å²) in [6.45, 7) is 5.02. The van der Waals surface area contributed by atoms with Crippen molar-refractivity contribution in [3.63, 3.8) is 0 Å². The molecule has 2 aliphatic rings. The molecule has 0 saturated carbocycles. The first-order valence-corrected chi connectivity index (χ1v) is 14.2. The van der Waals surface area contributed by atoms with Crippen LogP contribution in [-0.4, -0.2) is 53.5 Å². The first-order valence-electron chi connectivity index (χ1n) is 14.2. The highest BCUT2D eigenvalue weighted by molar-refractivity contribution is 5.96. The summed E-state index contributed by atoms with van der Waals surface area (Å²) in [6.07, 6.45) is 3.27. The maximum atomic E-state index is 13.1. The Kier molecular flexibility index (Phi) is 6.82. The van der Waals surface area contributed by atoms with E-state index in [0.717, 1.165) is 85.3 Å². The summed E-state index contributed by atoms with van der Waals surface area (Å²) >= 11 is 0. The van der Waals surface area contributed by atoms with E-state index in [4.69, 9.17) is 4.74 Å². The zero-order chi connectivity index (χ0) is 27.6. The Labute approximate surface area is 239 Å². The number of hydrogen-bond acceptors (Lipinski definition) is 6. The Hall–Kier alpha value is -4.69. The molecule has 0 aliphatic carbocycles. The van der Waals surface area contributed by atoms with Crippen LogP contribution in [0.25, 0.3) is 16.7 Å². The largest absolute Gasteiger partial charge is 0.378 e. The Morgan fingerprint density at radius 3 is 2.32 bits per heavy atom. The van der Waals surface area contributed by atoms with Gasteiger partial charge in [-0.1, -0.05) is 42.5 Å². The lowest BCUT2D eigenvalue weighted by Gasteiger charge is -2.29. The monoisotopic (exact) mass is 544 g/mol. The van der Waals surface area contributed by atoms with Crippen LogP contribution in [0, 0.1) is 0 Å². The molecule has 41 heavy (non-hydrogen) atoms. The molecule has 0 radical (unpaired) electrons. The summed E-state index contributed by atoms with van der Waals surface area (Å²) in [6, 6.07) is 28.8. The SMILES string of the molecule is O=C(Cc1cn(-c2ccc(N3CCc4ccccc4C3)nn2)c2ccccc12)Nc1ccc(N2CCOCC2)cc1. The molecule has 8 heteroatoms. The number of ether oxygens (including phenoxy) is 1. The van der Waals surface area contributed by atoms with Crippen molar-refractivity contribution in [2.75, 3.05) is 48.0 Å². The lowest BCUT2D eigenvalue weighted by Crippen LogP contribution is -2.36. The third-order valence-electron chi connectivity index (χ3n) is 8.01. The minimum Gasteiger partial charge on any atom is -0.378 e. The molecule has 3 aromatic carbocycles. The number of benzene rings is 3. The minimum absolute atomic E-state index is 0.0566. The molecule has 2 aliphatic heterocycles. The van der Waals surface area contributed by atoms with Crippen molar-refractivity contribution in [2.24, 2.45) is 0 Å². The fourth-order valence-corrected chi connectivity index (χ4v) is 5.84. The number of rotatable bonds is 6. The van der Waals surface area contributed by atoms with E-state index in [1.807, 2.05) is 47.2 Å². The number of nitrogens with one attached hydrogen (secondary N) is 1. The maximum absolute atomic E-state index is 13.1. The van der Waals surface area contributed by atoms with Crippen LogP contribution in [0.2, 0.25) is 0 Å². The zero-order valence-electron chi connectivity index (χ0n) is 22.9. The number of aromatic nitrogens is 3. The van der Waals surface area contributed by atoms with Crippen molar-refractivity contribution in [1.29, 1.82) is 0 Å². The van der Waals surface area contributed by atoms with Gasteiger partial charge in [0, 0.05) is 49.1 Å². The molecule has 1 N–H and O–H groups in total. The van der Waals surface area contributed by atoms with E-state index in [1.165, 1.54) is 11.1 Å². The van der Waals surface area contributed by atoms with Gasteiger partial charge in [-0.2, -0.15) is 0 Å². The second kappa shape index (κ2) is 11.1. The van der Waals surface area contributed by atoms with Crippen LogP contribution in [0.5, 0.6) is 0 Å². The topological polar surface area (TPSA) is 75.5 Å². The van der Waals surface area contributed by atoms with Crippen molar-refractivity contribution < 1.29 is 9.53 Å². The molecular formula is C33H32N6O2. The van der Waals surface area contributed by atoms with E-state index < -0.39 is 0 Å². The van der Waals surface area contributed by atoms with E-state index in [9.17, 15) is 4.79 Å². The number of amides is 1. The second-order valence-corrected chi connectivity index (χ2v) is 10.6. The number of fused-ring (bicyclic) bond motifs is 2. The Balaban J connectivity index is 1.07. The van der Waals surface area contributed by atoms with Gasteiger partial charge in [-0.25, -0.2) is 0 Å². The fourth-order valence-electron chi connectivity index (χ4n) is 5.84. The number of anilines is 3. The third kappa shape index (κ3) is 5.26. The molecule has 0 atom stereocenters. The molecule has 8 nitrogen and oxygen atoms in total. The minimum atomic E-state index is -0.0566. The average molecular weight is 545 g/mol. The van der Waals surface area contributed by atoms with Gasteiger partial charge in [0.15, 0.2) is 11.6 Å². The van der Waals surface area contributed by atoms with Gasteiger partial charge in [-0.3, -0.25) is 9.36 Å². The standard InChI is InChI=1S/C33H32N6O2/c40-33(34-27-9-11-28(12-10-27)37-17-19-41-20-18-37)21-26-23-39(30-8-4-3-7-29(26)30)32-14-13-31(35-36-32)38-16-15-24-5-1-2-6-25(24)22-38/h1-14,23H,15-22H2,(H,34,40). The Morgan fingerprint density at radius 1 is 0.780 bits per heavy atom. The number of nitrogens with zero attached hydrogens (tertiary/aromatic N) is 5. The summed E-state index contributed by atoms with van der Waals surface area (Å²) in [5.74, 6) is 1.55. The molecule has 0 bridgehead atoms. The van der Waals surface area contributed by atoms with Gasteiger partial charge >= 0.3 is 0 Å². The van der Waals surface area contributed by atoms with E-state index in [0.29, 0.717) is 0 Å². The summed E-state index contributed by atoms with van der Waals surface area (Å²) in [4.78, 5) is 17.7. The lowest BCUT2D eigenvalue weighted by molar-refractivity contribution is -0.115. The molecule has 2 aromatic heterocycles. The smallest absolute Gasteiger partial charge is 0.228 e. The molecule has 0 spiro atoms. The lowest BCUT2D eigenvalue weighted by atomic mass is 10.00. The van der Waals surface area contributed by atoms with E-state index in [1.54, 1.807) is 0 Å². The predicted octanol–water partition coefficient (Wildman–Crippen LogP) is 5.00. The molecular weight excluding hydrogens is 512 g/mol. The molecule has 0 unspecified atom stereocenters. The van der Waals surface area contributed by atoms with Crippen molar-refractivity contribution in [2.45, 2.75) is 19.4 Å². The van der Waals surface area contributed by atoms with Gasteiger partial charge in [-0.05, 0) is 65.6 Å². The first kappa shape index (κ1) is 25.3. The normalized spacial score (nSPS) is 15.1. The van der Waals surface area contributed by atoms with Crippen LogP contribution in [-0.2, 0) is 28.9 Å². The number of carbonyl (C=O) groups excluding carboxylic acids is 1. The zero-order valence-corrected chi connectivity index (χ0v) is 22.9. The molecule has 1 saturated heterocycles. The maximum Gasteiger partial charge on any atom is 0.228 e. The summed E-state index contributed by atoms with van der Waals surface area (Å²) in [5, 5.41) is 13.3. The van der Waals surface area contributed by atoms with E-state index in [-0.39, 0.29) is 12.3 Å². The van der Waals surface area contributed by atoms with Crippen molar-refractivity contribution >= 4 is 34.0 Å². The van der Waals surface area contributed by atoms with Gasteiger partial charge < -0.3 is 19.9 Å². The molecule has 1 fully saturated rings. The van der Waals surface area contributed by atoms with Gasteiger partial charge in [-0.15, -0.1) is 10.2 Å². The van der Waals surface area contributed by atoms with E-state index >= 15 is 0 Å². The van der Waals surface area contributed by atoms with Crippen molar-refractivity contribution in [3.05, 3.63) is 108 Å². The van der Waals surface area contributed by atoms with Crippen LogP contribution < -0.4 is 15.1 Å². The quantitative estimate of drug-likeness (QED) is 0.324. The van der Waals surface area contributed by atoms with Crippen LogP contribution in [0.1, 0.15) is 16.7 Å². The summed E-state index contributed by atoms with van der Waals surface area (Å²) in [5.41, 5.74) is 6.63. The number of carbonyl (C=O) groups is 1. The molecule has 1 amide bonds. The molecule has 4 heterocycles. The van der Waals surface area contributed by atoms with Crippen LogP contribution in [0.15, 0.2) is 91.1 Å². The summed E-state index contributed by atoms with van der Waals surface area (Å²) in [7, 11) is 0. The van der Waals surface area contributed by atoms with Gasteiger partial charge in [0.05, 0.1) is 25.2 Å². The van der Waals surface area contributed by atoms with Crippen LogP contribution in [0.3, 0.4) is 0 Å². The fraction of sp³-hybridized carbons (Fsp3) is 0.242. The van der Waals surface area contributed by atoms with Crippen molar-refractivity contribution in [3.8, 4) is 5.82 Å². The molecule has 206 valence electrons. The number of hydrogen-bond donors (Lipinski definition) is 1.